The molecule has 0 saturated heterocycles. The molecular formula is C4H7F3N2O. The highest BCUT2D eigenvalue weighted by Crippen LogP contribution is 2.20. The SMILES string of the molecule is NC(=O)[C@@H](N)CC(F)(F)F. The normalized spacial score (nSPS) is 14.8. The average molecular weight is 156 g/mol. The fourth-order valence-electron chi connectivity index (χ4n) is 0.350. The first kappa shape index (κ1) is 9.22. The van der Waals surface area contributed by atoms with E-state index in [-0.39, 0.29) is 0 Å². The molecule has 60 valence electrons. The molecule has 0 aromatic carbocycles. The number of halogens is 3. The second kappa shape index (κ2) is 2.87. The van der Waals surface area contributed by atoms with E-state index >= 15 is 0 Å². The summed E-state index contributed by atoms with van der Waals surface area (Å²) < 4.78 is 34.1. The maximum atomic E-state index is 11.4. The Morgan fingerprint density at radius 1 is 1.50 bits per heavy atom. The molecule has 6 heteroatoms. The molecule has 0 spiro atoms. The van der Waals surface area contributed by atoms with Crippen LogP contribution in [0.4, 0.5) is 13.2 Å². The lowest BCUT2D eigenvalue weighted by atomic mass is 10.2. The van der Waals surface area contributed by atoms with Crippen LogP contribution in [0.15, 0.2) is 0 Å². The molecule has 0 aromatic rings. The van der Waals surface area contributed by atoms with E-state index in [9.17, 15) is 18.0 Å². The second-order valence-corrected chi connectivity index (χ2v) is 1.83. The van der Waals surface area contributed by atoms with Gasteiger partial charge < -0.3 is 11.5 Å². The molecule has 0 radical (unpaired) electrons. The molecule has 0 saturated carbocycles. The van der Waals surface area contributed by atoms with E-state index in [4.69, 9.17) is 5.73 Å². The predicted molar refractivity (Wildman–Crippen MR) is 27.8 cm³/mol. The number of alkyl halides is 3. The van der Waals surface area contributed by atoms with Crippen molar-refractivity contribution < 1.29 is 18.0 Å². The first-order chi connectivity index (χ1) is 4.33. The van der Waals surface area contributed by atoms with Crippen molar-refractivity contribution in [2.75, 3.05) is 0 Å². The molecule has 1 amide bonds. The number of hydrogen-bond donors (Lipinski definition) is 2. The highest BCUT2D eigenvalue weighted by atomic mass is 19.4. The van der Waals surface area contributed by atoms with Crippen LogP contribution in [0.1, 0.15) is 6.42 Å². The van der Waals surface area contributed by atoms with Gasteiger partial charge in [-0.25, -0.2) is 0 Å². The maximum absolute atomic E-state index is 11.4. The lowest BCUT2D eigenvalue weighted by Gasteiger charge is -2.09. The van der Waals surface area contributed by atoms with Crippen molar-refractivity contribution in [3.63, 3.8) is 0 Å². The molecule has 0 fully saturated rings. The zero-order valence-electron chi connectivity index (χ0n) is 4.98. The van der Waals surface area contributed by atoms with Crippen LogP contribution in [0.25, 0.3) is 0 Å². The number of primary amides is 1. The Labute approximate surface area is 55.2 Å². The molecule has 4 N–H and O–H groups in total. The summed E-state index contributed by atoms with van der Waals surface area (Å²) in [7, 11) is 0. The Morgan fingerprint density at radius 2 is 1.90 bits per heavy atom. The quantitative estimate of drug-likeness (QED) is 0.578. The Bertz CT molecular complexity index is 133. The van der Waals surface area contributed by atoms with E-state index in [1.54, 1.807) is 0 Å². The molecule has 0 aromatic heterocycles. The van der Waals surface area contributed by atoms with Crippen LogP contribution in [0.2, 0.25) is 0 Å². The van der Waals surface area contributed by atoms with Gasteiger partial charge in [-0.3, -0.25) is 4.79 Å². The average Bonchev–Trinajstić information content (AvgIpc) is 1.60. The Kier molecular flexibility index (Phi) is 2.65. The third-order valence-corrected chi connectivity index (χ3v) is 0.817. The summed E-state index contributed by atoms with van der Waals surface area (Å²) in [6, 6.07) is -1.62. The van der Waals surface area contributed by atoms with Crippen molar-refractivity contribution in [3.05, 3.63) is 0 Å². The first-order valence-electron chi connectivity index (χ1n) is 2.44. The smallest absolute Gasteiger partial charge is 0.368 e. The highest BCUT2D eigenvalue weighted by Gasteiger charge is 2.32. The molecule has 0 rings (SSSR count). The maximum Gasteiger partial charge on any atom is 0.391 e. The van der Waals surface area contributed by atoms with Gasteiger partial charge in [0.1, 0.15) is 0 Å². The van der Waals surface area contributed by atoms with E-state index < -0.39 is 24.5 Å². The molecule has 0 aliphatic carbocycles. The van der Waals surface area contributed by atoms with Gasteiger partial charge in [0.25, 0.3) is 0 Å². The lowest BCUT2D eigenvalue weighted by Crippen LogP contribution is -2.39. The molecule has 0 unspecified atom stereocenters. The van der Waals surface area contributed by atoms with Crippen LogP contribution >= 0.6 is 0 Å². The number of carbonyl (C=O) groups excluding carboxylic acids is 1. The summed E-state index contributed by atoms with van der Waals surface area (Å²) in [6.45, 7) is 0. The van der Waals surface area contributed by atoms with Gasteiger partial charge in [-0.05, 0) is 0 Å². The summed E-state index contributed by atoms with van der Waals surface area (Å²) in [4.78, 5) is 9.97. The monoisotopic (exact) mass is 156 g/mol. The van der Waals surface area contributed by atoms with Gasteiger partial charge in [-0.2, -0.15) is 13.2 Å². The first-order valence-corrected chi connectivity index (χ1v) is 2.44. The topological polar surface area (TPSA) is 69.1 Å². The van der Waals surface area contributed by atoms with Crippen molar-refractivity contribution >= 4 is 5.91 Å². The number of rotatable bonds is 2. The molecule has 0 aliphatic heterocycles. The van der Waals surface area contributed by atoms with Crippen LogP contribution in [0, 0.1) is 0 Å². The molecule has 10 heavy (non-hydrogen) atoms. The van der Waals surface area contributed by atoms with Gasteiger partial charge in [0.2, 0.25) is 5.91 Å². The minimum absolute atomic E-state index is 1.14. The van der Waals surface area contributed by atoms with Gasteiger partial charge in [0.05, 0.1) is 12.5 Å². The van der Waals surface area contributed by atoms with Crippen LogP contribution in [0.3, 0.4) is 0 Å². The summed E-state index contributed by atoms with van der Waals surface area (Å²) in [5.41, 5.74) is 9.19. The third kappa shape index (κ3) is 4.13. The fourth-order valence-corrected chi connectivity index (χ4v) is 0.350. The molecule has 0 bridgehead atoms. The van der Waals surface area contributed by atoms with Gasteiger partial charge in [0, 0.05) is 0 Å². The molecule has 0 aliphatic rings. The molecule has 3 nitrogen and oxygen atoms in total. The van der Waals surface area contributed by atoms with Gasteiger partial charge in [-0.1, -0.05) is 0 Å². The van der Waals surface area contributed by atoms with Crippen LogP contribution in [-0.4, -0.2) is 18.1 Å². The van der Waals surface area contributed by atoms with Crippen LogP contribution in [0.5, 0.6) is 0 Å². The number of hydrogen-bond acceptors (Lipinski definition) is 2. The van der Waals surface area contributed by atoms with E-state index in [0.717, 1.165) is 0 Å². The second-order valence-electron chi connectivity index (χ2n) is 1.83. The molecular weight excluding hydrogens is 149 g/mol. The Balaban J connectivity index is 3.80. The zero-order valence-corrected chi connectivity index (χ0v) is 4.98. The van der Waals surface area contributed by atoms with Crippen molar-refractivity contribution in [2.45, 2.75) is 18.6 Å². The van der Waals surface area contributed by atoms with Crippen molar-refractivity contribution in [3.8, 4) is 0 Å². The molecule has 1 atom stereocenters. The van der Waals surface area contributed by atoms with E-state index in [1.165, 1.54) is 0 Å². The minimum atomic E-state index is -4.42. The standard InChI is InChI=1S/C4H7F3N2O/c5-4(6,7)1-2(8)3(9)10/h2H,1,8H2,(H2,9,10)/t2-/m0/s1. The van der Waals surface area contributed by atoms with Gasteiger partial charge in [-0.15, -0.1) is 0 Å². The zero-order chi connectivity index (χ0) is 8.36. The summed E-state index contributed by atoms with van der Waals surface area (Å²) >= 11 is 0. The van der Waals surface area contributed by atoms with E-state index in [2.05, 4.69) is 5.73 Å². The van der Waals surface area contributed by atoms with Gasteiger partial charge in [0.15, 0.2) is 0 Å². The summed E-state index contributed by atoms with van der Waals surface area (Å²) in [6.07, 6.45) is -5.78. The number of carbonyl (C=O) groups is 1. The summed E-state index contributed by atoms with van der Waals surface area (Å²) in [5, 5.41) is 0. The number of nitrogens with two attached hydrogens (primary N) is 2. The van der Waals surface area contributed by atoms with Crippen LogP contribution < -0.4 is 11.5 Å². The van der Waals surface area contributed by atoms with E-state index in [1.807, 2.05) is 0 Å². The largest absolute Gasteiger partial charge is 0.391 e. The van der Waals surface area contributed by atoms with Crippen molar-refractivity contribution in [1.29, 1.82) is 0 Å². The number of amides is 1. The molecule has 0 heterocycles. The summed E-state index contributed by atoms with van der Waals surface area (Å²) in [5.74, 6) is -1.14. The van der Waals surface area contributed by atoms with Gasteiger partial charge >= 0.3 is 6.18 Å². The minimum Gasteiger partial charge on any atom is -0.368 e. The van der Waals surface area contributed by atoms with Crippen molar-refractivity contribution in [2.24, 2.45) is 11.5 Å². The fraction of sp³-hybridized carbons (Fsp3) is 0.750. The van der Waals surface area contributed by atoms with Crippen molar-refractivity contribution in [1.82, 2.24) is 0 Å². The third-order valence-electron chi connectivity index (χ3n) is 0.817. The van der Waals surface area contributed by atoms with E-state index in [0.29, 0.717) is 0 Å². The predicted octanol–water partition coefficient (Wildman–Crippen LogP) is -0.249. The lowest BCUT2D eigenvalue weighted by molar-refractivity contribution is -0.145. The Morgan fingerprint density at radius 3 is 2.00 bits per heavy atom. The Hall–Kier alpha value is -0.780. The highest BCUT2D eigenvalue weighted by molar-refractivity contribution is 5.79. The van der Waals surface area contributed by atoms with Crippen LogP contribution in [-0.2, 0) is 4.79 Å².